The number of anilines is 1. The zero-order valence-corrected chi connectivity index (χ0v) is 16.0. The van der Waals surface area contributed by atoms with E-state index in [-0.39, 0.29) is 10.8 Å². The van der Waals surface area contributed by atoms with Crippen molar-refractivity contribution in [3.05, 3.63) is 52.1 Å². The Kier molecular flexibility index (Phi) is 7.45. The molecule has 0 aliphatic rings. The second kappa shape index (κ2) is 9.80. The maximum atomic E-state index is 11.8. The molecule has 7 nitrogen and oxygen atoms in total. The first-order chi connectivity index (χ1) is 12.9. The van der Waals surface area contributed by atoms with Crippen LogP contribution in [0.4, 0.5) is 5.82 Å². The summed E-state index contributed by atoms with van der Waals surface area (Å²) in [5.74, 6) is -0.165. The molecule has 0 atom stereocenters. The van der Waals surface area contributed by atoms with Crippen LogP contribution in [0.25, 0.3) is 6.08 Å². The Labute approximate surface area is 165 Å². The first-order valence-electron chi connectivity index (χ1n) is 7.61. The fourth-order valence-corrected chi connectivity index (χ4v) is 2.49. The highest BCUT2D eigenvalue weighted by molar-refractivity contribution is 6.36. The fraction of sp³-hybridized carbons (Fsp3) is 0.167. The summed E-state index contributed by atoms with van der Waals surface area (Å²) in [6.07, 6.45) is 4.01. The second-order valence-corrected chi connectivity index (χ2v) is 5.90. The summed E-state index contributed by atoms with van der Waals surface area (Å²) in [6, 6.07) is 6.66. The Hall–Kier alpha value is -2.77. The van der Waals surface area contributed by atoms with Crippen LogP contribution in [0.1, 0.15) is 5.56 Å². The number of para-hydroxylation sites is 1. The summed E-state index contributed by atoms with van der Waals surface area (Å²) < 4.78 is 15.3. The van der Waals surface area contributed by atoms with Gasteiger partial charge in [0.05, 0.1) is 24.3 Å². The van der Waals surface area contributed by atoms with Crippen LogP contribution in [-0.4, -0.2) is 37.7 Å². The van der Waals surface area contributed by atoms with E-state index in [1.54, 1.807) is 18.2 Å². The van der Waals surface area contributed by atoms with Gasteiger partial charge >= 0.3 is 5.97 Å². The number of aromatic nitrogens is 1. The quantitative estimate of drug-likeness (QED) is 0.554. The van der Waals surface area contributed by atoms with Crippen molar-refractivity contribution in [1.82, 2.24) is 4.98 Å². The van der Waals surface area contributed by atoms with Gasteiger partial charge < -0.3 is 19.5 Å². The van der Waals surface area contributed by atoms with Crippen LogP contribution < -0.4 is 14.8 Å². The molecule has 27 heavy (non-hydrogen) atoms. The van der Waals surface area contributed by atoms with E-state index in [0.29, 0.717) is 22.1 Å². The predicted molar refractivity (Wildman–Crippen MR) is 102 cm³/mol. The largest absolute Gasteiger partial charge is 0.493 e. The SMILES string of the molecule is COc1cccc(/C=C/C(=O)OCC(=O)Nc2ncc(Cl)cc2Cl)c1OC. The van der Waals surface area contributed by atoms with Crippen LogP contribution in [0.5, 0.6) is 11.5 Å². The molecule has 0 aliphatic heterocycles. The average molecular weight is 411 g/mol. The lowest BCUT2D eigenvalue weighted by Gasteiger charge is -2.09. The summed E-state index contributed by atoms with van der Waals surface area (Å²) in [6.45, 7) is -0.501. The van der Waals surface area contributed by atoms with Gasteiger partial charge in [-0.25, -0.2) is 9.78 Å². The Balaban J connectivity index is 1.92. The van der Waals surface area contributed by atoms with Gasteiger partial charge in [-0.3, -0.25) is 4.79 Å². The molecule has 1 aromatic heterocycles. The van der Waals surface area contributed by atoms with E-state index in [1.165, 1.54) is 38.6 Å². The van der Waals surface area contributed by atoms with Crippen molar-refractivity contribution in [3.8, 4) is 11.5 Å². The molecule has 2 rings (SSSR count). The van der Waals surface area contributed by atoms with Gasteiger partial charge in [-0.15, -0.1) is 0 Å². The molecule has 0 spiro atoms. The zero-order chi connectivity index (χ0) is 19.8. The van der Waals surface area contributed by atoms with Gasteiger partial charge in [0.15, 0.2) is 23.9 Å². The average Bonchev–Trinajstić information content (AvgIpc) is 2.66. The van der Waals surface area contributed by atoms with E-state index in [0.717, 1.165) is 0 Å². The molecule has 0 saturated carbocycles. The Morgan fingerprint density at radius 1 is 1.22 bits per heavy atom. The number of amides is 1. The fourth-order valence-electron chi connectivity index (χ4n) is 2.06. The van der Waals surface area contributed by atoms with Gasteiger partial charge in [-0.2, -0.15) is 0 Å². The summed E-state index contributed by atoms with van der Waals surface area (Å²) in [7, 11) is 3.01. The monoisotopic (exact) mass is 410 g/mol. The van der Waals surface area contributed by atoms with E-state index in [1.807, 2.05) is 0 Å². The molecule has 0 aliphatic carbocycles. The number of halogens is 2. The third-order valence-corrected chi connectivity index (χ3v) is 3.74. The number of ether oxygens (including phenoxy) is 3. The van der Waals surface area contributed by atoms with Gasteiger partial charge in [0.1, 0.15) is 0 Å². The minimum absolute atomic E-state index is 0.124. The first-order valence-corrected chi connectivity index (χ1v) is 8.37. The van der Waals surface area contributed by atoms with Crippen molar-refractivity contribution in [2.45, 2.75) is 0 Å². The van der Waals surface area contributed by atoms with Crippen molar-refractivity contribution < 1.29 is 23.8 Å². The lowest BCUT2D eigenvalue weighted by Crippen LogP contribution is -2.20. The van der Waals surface area contributed by atoms with Gasteiger partial charge in [0, 0.05) is 17.8 Å². The van der Waals surface area contributed by atoms with Crippen molar-refractivity contribution in [1.29, 1.82) is 0 Å². The highest BCUT2D eigenvalue weighted by Gasteiger charge is 2.11. The first kappa shape index (κ1) is 20.5. The van der Waals surface area contributed by atoms with E-state index in [2.05, 4.69) is 10.3 Å². The molecular formula is C18H16Cl2N2O5. The Bertz CT molecular complexity index is 871. The lowest BCUT2D eigenvalue weighted by molar-refractivity contribution is -0.142. The molecule has 0 saturated heterocycles. The van der Waals surface area contributed by atoms with E-state index < -0.39 is 18.5 Å². The number of hydrogen-bond acceptors (Lipinski definition) is 6. The number of nitrogens with zero attached hydrogens (tertiary/aromatic N) is 1. The maximum Gasteiger partial charge on any atom is 0.331 e. The van der Waals surface area contributed by atoms with Crippen LogP contribution in [-0.2, 0) is 14.3 Å². The summed E-state index contributed by atoms with van der Waals surface area (Å²) in [5.41, 5.74) is 0.621. The van der Waals surface area contributed by atoms with Crippen LogP contribution in [0.2, 0.25) is 10.0 Å². The molecule has 9 heteroatoms. The second-order valence-electron chi connectivity index (χ2n) is 5.06. The smallest absolute Gasteiger partial charge is 0.331 e. The topological polar surface area (TPSA) is 86.8 Å². The normalized spacial score (nSPS) is 10.5. The summed E-state index contributed by atoms with van der Waals surface area (Å²) in [4.78, 5) is 27.5. The number of methoxy groups -OCH3 is 2. The number of carbonyl (C=O) groups excluding carboxylic acids is 2. The molecule has 1 aromatic carbocycles. The summed E-state index contributed by atoms with van der Waals surface area (Å²) >= 11 is 11.6. The Morgan fingerprint density at radius 3 is 2.67 bits per heavy atom. The molecular weight excluding hydrogens is 395 g/mol. The molecule has 2 aromatic rings. The Morgan fingerprint density at radius 2 is 2.00 bits per heavy atom. The molecule has 0 fully saturated rings. The number of carbonyl (C=O) groups is 2. The number of nitrogens with one attached hydrogen (secondary N) is 1. The number of benzene rings is 1. The molecule has 1 amide bonds. The van der Waals surface area contributed by atoms with Crippen LogP contribution >= 0.6 is 23.2 Å². The van der Waals surface area contributed by atoms with Gasteiger partial charge in [0.25, 0.3) is 5.91 Å². The van der Waals surface area contributed by atoms with Crippen molar-refractivity contribution in [3.63, 3.8) is 0 Å². The molecule has 142 valence electrons. The third kappa shape index (κ3) is 5.87. The molecule has 1 heterocycles. The zero-order valence-electron chi connectivity index (χ0n) is 14.5. The minimum atomic E-state index is -0.704. The maximum absolute atomic E-state index is 11.8. The molecule has 0 bridgehead atoms. The third-order valence-electron chi connectivity index (χ3n) is 3.24. The van der Waals surface area contributed by atoms with Crippen molar-refractivity contribution >= 4 is 47.0 Å². The summed E-state index contributed by atoms with van der Waals surface area (Å²) in [5, 5.41) is 2.93. The van der Waals surface area contributed by atoms with Gasteiger partial charge in [-0.1, -0.05) is 35.3 Å². The van der Waals surface area contributed by atoms with Crippen LogP contribution in [0.15, 0.2) is 36.5 Å². The predicted octanol–water partition coefficient (Wildman–Crippen LogP) is 3.60. The van der Waals surface area contributed by atoms with Gasteiger partial charge in [0.2, 0.25) is 0 Å². The van der Waals surface area contributed by atoms with E-state index in [9.17, 15) is 9.59 Å². The minimum Gasteiger partial charge on any atom is -0.493 e. The highest BCUT2D eigenvalue weighted by Crippen LogP contribution is 2.31. The number of hydrogen-bond donors (Lipinski definition) is 1. The van der Waals surface area contributed by atoms with E-state index in [4.69, 9.17) is 37.4 Å². The standard InChI is InChI=1S/C18H16Cl2N2O5/c1-25-14-5-3-4-11(17(14)26-2)6-7-16(24)27-10-15(23)22-18-13(20)8-12(19)9-21-18/h3-9H,10H2,1-2H3,(H,21,22,23)/b7-6+. The lowest BCUT2D eigenvalue weighted by atomic mass is 10.1. The van der Waals surface area contributed by atoms with Crippen LogP contribution in [0, 0.1) is 0 Å². The van der Waals surface area contributed by atoms with Crippen LogP contribution in [0.3, 0.4) is 0 Å². The van der Waals surface area contributed by atoms with E-state index >= 15 is 0 Å². The molecule has 0 unspecified atom stereocenters. The molecule has 0 radical (unpaired) electrons. The highest BCUT2D eigenvalue weighted by atomic mass is 35.5. The molecule has 1 N–H and O–H groups in total. The van der Waals surface area contributed by atoms with Crippen molar-refractivity contribution in [2.24, 2.45) is 0 Å². The number of rotatable bonds is 7. The van der Waals surface area contributed by atoms with Crippen molar-refractivity contribution in [2.75, 3.05) is 26.1 Å². The number of esters is 1. The van der Waals surface area contributed by atoms with Gasteiger partial charge in [-0.05, 0) is 18.2 Å². The number of pyridine rings is 1.